The maximum atomic E-state index is 12.3. The van der Waals surface area contributed by atoms with Gasteiger partial charge in [-0.25, -0.2) is 9.97 Å². The van der Waals surface area contributed by atoms with E-state index in [-0.39, 0.29) is 5.91 Å². The molecule has 0 spiro atoms. The minimum Gasteiger partial charge on any atom is -0.350 e. The number of thioether (sulfide) groups is 1. The molecule has 0 radical (unpaired) electrons. The Balaban J connectivity index is 1.56. The summed E-state index contributed by atoms with van der Waals surface area (Å²) in [5.41, 5.74) is 1.65. The summed E-state index contributed by atoms with van der Waals surface area (Å²) in [6.07, 6.45) is 3.46. The summed E-state index contributed by atoms with van der Waals surface area (Å²) in [5.74, 6) is 1.38. The average Bonchev–Trinajstić information content (AvgIpc) is 3.18. The van der Waals surface area contributed by atoms with Crippen LogP contribution in [0.1, 0.15) is 21.2 Å². The fraction of sp³-hybridized carbons (Fsp3) is 0.267. The fourth-order valence-electron chi connectivity index (χ4n) is 1.99. The van der Waals surface area contributed by atoms with E-state index in [2.05, 4.69) is 30.5 Å². The smallest absolute Gasteiger partial charge is 0.263 e. The molecule has 3 heterocycles. The fourth-order valence-corrected chi connectivity index (χ4v) is 3.66. The van der Waals surface area contributed by atoms with Crippen molar-refractivity contribution in [1.82, 2.24) is 30.5 Å². The highest BCUT2D eigenvalue weighted by Gasteiger charge is 2.16. The summed E-state index contributed by atoms with van der Waals surface area (Å²) in [6, 6.07) is 3.79. The first-order valence-corrected chi connectivity index (χ1v) is 9.11. The number of nitrogens with one attached hydrogen (secondary N) is 2. The first-order chi connectivity index (χ1) is 11.6. The van der Waals surface area contributed by atoms with Crippen molar-refractivity contribution in [2.24, 2.45) is 0 Å². The molecule has 0 saturated carbocycles. The minimum absolute atomic E-state index is 0.105. The van der Waals surface area contributed by atoms with Crippen molar-refractivity contribution >= 4 is 29.0 Å². The molecule has 0 unspecified atom stereocenters. The Bertz CT molecular complexity index is 830. The first-order valence-electron chi connectivity index (χ1n) is 7.31. The van der Waals surface area contributed by atoms with Gasteiger partial charge in [0, 0.05) is 30.3 Å². The van der Waals surface area contributed by atoms with Gasteiger partial charge in [0.15, 0.2) is 0 Å². The number of aryl methyl sites for hydroxylation is 2. The number of hydrogen-bond acceptors (Lipinski definition) is 7. The Morgan fingerprint density at radius 1 is 1.38 bits per heavy atom. The Hall–Kier alpha value is -2.26. The number of H-pyrrole nitrogens is 1. The van der Waals surface area contributed by atoms with Crippen molar-refractivity contribution in [3.8, 4) is 10.6 Å². The van der Waals surface area contributed by atoms with E-state index in [1.54, 1.807) is 12.4 Å². The molecule has 7 nitrogen and oxygen atoms in total. The molecule has 0 fully saturated rings. The van der Waals surface area contributed by atoms with E-state index in [0.29, 0.717) is 22.3 Å². The number of thiazole rings is 1. The van der Waals surface area contributed by atoms with E-state index in [0.717, 1.165) is 22.1 Å². The van der Waals surface area contributed by atoms with Crippen LogP contribution in [0.25, 0.3) is 10.6 Å². The van der Waals surface area contributed by atoms with Crippen LogP contribution in [0.4, 0.5) is 0 Å². The molecule has 0 aromatic carbocycles. The van der Waals surface area contributed by atoms with Gasteiger partial charge in [0.25, 0.3) is 5.91 Å². The SMILES string of the molecule is Cc1nc(SCCNC(=O)c2sc(-c3cccnc3)nc2C)n[nH]1. The molecular weight excluding hydrogens is 344 g/mol. The van der Waals surface area contributed by atoms with Crippen LogP contribution in [-0.4, -0.2) is 43.4 Å². The summed E-state index contributed by atoms with van der Waals surface area (Å²) in [7, 11) is 0. The van der Waals surface area contributed by atoms with E-state index >= 15 is 0 Å². The lowest BCUT2D eigenvalue weighted by Gasteiger charge is -2.02. The molecule has 0 aliphatic carbocycles. The summed E-state index contributed by atoms with van der Waals surface area (Å²) >= 11 is 2.87. The second kappa shape index (κ2) is 7.54. The molecule has 9 heteroatoms. The number of amides is 1. The van der Waals surface area contributed by atoms with Crippen LogP contribution in [0.5, 0.6) is 0 Å². The third kappa shape index (κ3) is 3.98. The lowest BCUT2D eigenvalue weighted by atomic mass is 10.3. The predicted octanol–water partition coefficient (Wildman–Crippen LogP) is 2.46. The number of carbonyl (C=O) groups excluding carboxylic acids is 1. The molecule has 3 rings (SSSR count). The van der Waals surface area contributed by atoms with Crippen LogP contribution in [0.15, 0.2) is 29.7 Å². The van der Waals surface area contributed by atoms with Gasteiger partial charge in [-0.3, -0.25) is 14.9 Å². The molecule has 2 N–H and O–H groups in total. The van der Waals surface area contributed by atoms with Crippen molar-refractivity contribution in [2.75, 3.05) is 12.3 Å². The molecule has 124 valence electrons. The van der Waals surface area contributed by atoms with E-state index in [1.165, 1.54) is 23.1 Å². The molecule has 0 aliphatic rings. The van der Waals surface area contributed by atoms with Crippen molar-refractivity contribution in [3.05, 3.63) is 40.9 Å². The Morgan fingerprint density at radius 3 is 2.96 bits per heavy atom. The number of rotatable bonds is 6. The van der Waals surface area contributed by atoms with E-state index < -0.39 is 0 Å². The number of hydrogen-bond donors (Lipinski definition) is 2. The molecule has 3 aromatic rings. The zero-order valence-corrected chi connectivity index (χ0v) is 14.9. The summed E-state index contributed by atoms with van der Waals surface area (Å²) in [4.78, 5) is 25.7. The van der Waals surface area contributed by atoms with Crippen LogP contribution in [0, 0.1) is 13.8 Å². The second-order valence-corrected chi connectivity index (χ2v) is 7.04. The second-order valence-electron chi connectivity index (χ2n) is 4.98. The molecule has 0 bridgehead atoms. The van der Waals surface area contributed by atoms with Gasteiger partial charge in [0.2, 0.25) is 5.16 Å². The number of pyridine rings is 1. The van der Waals surface area contributed by atoms with Crippen LogP contribution in [0.3, 0.4) is 0 Å². The predicted molar refractivity (Wildman–Crippen MR) is 94.3 cm³/mol. The van der Waals surface area contributed by atoms with Crippen molar-refractivity contribution in [1.29, 1.82) is 0 Å². The summed E-state index contributed by atoms with van der Waals surface area (Å²) in [5, 5.41) is 11.2. The number of nitrogens with zero attached hydrogens (tertiary/aromatic N) is 4. The molecule has 0 atom stereocenters. The zero-order chi connectivity index (χ0) is 16.9. The average molecular weight is 360 g/mol. The highest BCUT2D eigenvalue weighted by atomic mass is 32.2. The topological polar surface area (TPSA) is 96.5 Å². The molecule has 0 saturated heterocycles. The van der Waals surface area contributed by atoms with E-state index in [1.807, 2.05) is 26.0 Å². The number of aromatic nitrogens is 5. The van der Waals surface area contributed by atoms with Gasteiger partial charge in [0.1, 0.15) is 15.7 Å². The third-order valence-electron chi connectivity index (χ3n) is 3.11. The monoisotopic (exact) mass is 360 g/mol. The van der Waals surface area contributed by atoms with Gasteiger partial charge in [0.05, 0.1) is 5.69 Å². The van der Waals surface area contributed by atoms with Crippen LogP contribution in [0.2, 0.25) is 0 Å². The van der Waals surface area contributed by atoms with Crippen LogP contribution in [-0.2, 0) is 0 Å². The molecular formula is C15H16N6OS2. The lowest BCUT2D eigenvalue weighted by Crippen LogP contribution is -2.25. The van der Waals surface area contributed by atoms with Gasteiger partial charge in [-0.05, 0) is 26.0 Å². The number of aromatic amines is 1. The van der Waals surface area contributed by atoms with Crippen molar-refractivity contribution < 1.29 is 4.79 Å². The maximum Gasteiger partial charge on any atom is 0.263 e. The highest BCUT2D eigenvalue weighted by Crippen LogP contribution is 2.27. The highest BCUT2D eigenvalue weighted by molar-refractivity contribution is 7.99. The Kier molecular flexibility index (Phi) is 5.21. The van der Waals surface area contributed by atoms with Gasteiger partial charge < -0.3 is 5.32 Å². The number of carbonyl (C=O) groups is 1. The minimum atomic E-state index is -0.105. The van der Waals surface area contributed by atoms with Crippen molar-refractivity contribution in [3.63, 3.8) is 0 Å². The lowest BCUT2D eigenvalue weighted by molar-refractivity contribution is 0.0959. The summed E-state index contributed by atoms with van der Waals surface area (Å²) < 4.78 is 0. The quantitative estimate of drug-likeness (QED) is 0.518. The molecule has 0 aliphatic heterocycles. The Morgan fingerprint density at radius 2 is 2.25 bits per heavy atom. The largest absolute Gasteiger partial charge is 0.350 e. The maximum absolute atomic E-state index is 12.3. The first kappa shape index (κ1) is 16.6. The summed E-state index contributed by atoms with van der Waals surface area (Å²) in [6.45, 7) is 4.23. The van der Waals surface area contributed by atoms with Gasteiger partial charge in [-0.2, -0.15) is 0 Å². The molecule has 1 amide bonds. The van der Waals surface area contributed by atoms with Crippen molar-refractivity contribution in [2.45, 2.75) is 19.0 Å². The molecule has 3 aromatic heterocycles. The van der Waals surface area contributed by atoms with Gasteiger partial charge in [-0.1, -0.05) is 11.8 Å². The van der Waals surface area contributed by atoms with Crippen LogP contribution < -0.4 is 5.32 Å². The normalized spacial score (nSPS) is 10.8. The third-order valence-corrected chi connectivity index (χ3v) is 5.16. The standard InChI is InChI=1S/C15H16N6OS2/c1-9-12(24-14(18-9)11-4-3-5-16-8-11)13(22)17-6-7-23-15-19-10(2)20-21-15/h3-5,8H,6-7H2,1-2H3,(H,17,22)(H,19,20,21). The van der Waals surface area contributed by atoms with E-state index in [4.69, 9.17) is 0 Å². The molecule has 24 heavy (non-hydrogen) atoms. The Labute approximate surface area is 147 Å². The zero-order valence-electron chi connectivity index (χ0n) is 13.2. The van der Waals surface area contributed by atoms with Gasteiger partial charge >= 0.3 is 0 Å². The van der Waals surface area contributed by atoms with Crippen LogP contribution >= 0.6 is 23.1 Å². The van der Waals surface area contributed by atoms with E-state index in [9.17, 15) is 4.79 Å². The van der Waals surface area contributed by atoms with Gasteiger partial charge in [-0.15, -0.1) is 16.4 Å².